The van der Waals surface area contributed by atoms with E-state index in [2.05, 4.69) is 9.97 Å². The lowest BCUT2D eigenvalue weighted by atomic mass is 10.1. The number of benzene rings is 2. The summed E-state index contributed by atoms with van der Waals surface area (Å²) in [5, 5.41) is 0. The summed E-state index contributed by atoms with van der Waals surface area (Å²) >= 11 is 0. The number of nitrogens with two attached hydrogens (primary N) is 1. The molecule has 1 aromatic heterocycles. The van der Waals surface area contributed by atoms with Crippen molar-refractivity contribution in [2.75, 3.05) is 5.73 Å². The maximum Gasteiger partial charge on any atom is 0.416 e. The summed E-state index contributed by atoms with van der Waals surface area (Å²) in [7, 11) is 0. The van der Waals surface area contributed by atoms with Crippen molar-refractivity contribution >= 4 is 5.69 Å². The van der Waals surface area contributed by atoms with Gasteiger partial charge < -0.3 is 10.5 Å². The molecule has 0 saturated carbocycles. The van der Waals surface area contributed by atoms with Crippen molar-refractivity contribution in [2.45, 2.75) is 20.0 Å². The molecule has 4 nitrogen and oxygen atoms in total. The van der Waals surface area contributed by atoms with Crippen LogP contribution >= 0.6 is 0 Å². The molecule has 7 heteroatoms. The average molecular weight is 361 g/mol. The first kappa shape index (κ1) is 19.2. The van der Waals surface area contributed by atoms with Crippen molar-refractivity contribution < 1.29 is 17.9 Å². The minimum Gasteiger partial charge on any atom is -0.437 e. The Kier molecular flexibility index (Phi) is 6.16. The van der Waals surface area contributed by atoms with Gasteiger partial charge in [-0.15, -0.1) is 0 Å². The highest BCUT2D eigenvalue weighted by atomic mass is 19.4. The summed E-state index contributed by atoms with van der Waals surface area (Å²) < 4.78 is 43.4. The Morgan fingerprint density at radius 2 is 1.42 bits per heavy atom. The van der Waals surface area contributed by atoms with Gasteiger partial charge in [0.05, 0.1) is 5.56 Å². The zero-order chi connectivity index (χ0) is 19.2. The van der Waals surface area contributed by atoms with Crippen LogP contribution in [0, 0.1) is 0 Å². The standard InChI is InChI=1S/C17H12F3N3O.C2H6/c18-17(19,20)12-3-7-14(8-4-12)24-16-15(22-9-10-23-16)11-1-5-13(21)6-2-11;1-2/h1-10H,21H2;1-2H3. The van der Waals surface area contributed by atoms with E-state index in [1.54, 1.807) is 24.3 Å². The molecule has 0 atom stereocenters. The van der Waals surface area contributed by atoms with Gasteiger partial charge in [-0.25, -0.2) is 9.97 Å². The van der Waals surface area contributed by atoms with E-state index in [0.29, 0.717) is 11.4 Å². The Morgan fingerprint density at radius 1 is 0.846 bits per heavy atom. The molecule has 0 spiro atoms. The van der Waals surface area contributed by atoms with E-state index in [-0.39, 0.29) is 11.6 Å². The Hall–Kier alpha value is -3.09. The maximum atomic E-state index is 12.6. The lowest BCUT2D eigenvalue weighted by Gasteiger charge is -2.11. The Labute approximate surface area is 149 Å². The fourth-order valence-corrected chi connectivity index (χ4v) is 2.06. The molecule has 2 aromatic carbocycles. The van der Waals surface area contributed by atoms with Gasteiger partial charge in [0.1, 0.15) is 11.4 Å². The molecule has 0 aliphatic rings. The van der Waals surface area contributed by atoms with E-state index >= 15 is 0 Å². The van der Waals surface area contributed by atoms with Gasteiger partial charge in [-0.05, 0) is 36.4 Å². The number of hydrogen-bond acceptors (Lipinski definition) is 4. The quantitative estimate of drug-likeness (QED) is 0.620. The van der Waals surface area contributed by atoms with Gasteiger partial charge in [0.15, 0.2) is 0 Å². The summed E-state index contributed by atoms with van der Waals surface area (Å²) in [4.78, 5) is 8.33. The molecule has 2 N–H and O–H groups in total. The van der Waals surface area contributed by atoms with E-state index in [0.717, 1.165) is 17.7 Å². The second kappa shape index (κ2) is 8.33. The molecule has 3 aromatic rings. The minimum absolute atomic E-state index is 0.196. The smallest absolute Gasteiger partial charge is 0.416 e. The summed E-state index contributed by atoms with van der Waals surface area (Å²) in [5.41, 5.74) is 6.72. The van der Waals surface area contributed by atoms with E-state index in [4.69, 9.17) is 10.5 Å². The van der Waals surface area contributed by atoms with Crippen molar-refractivity contribution in [3.05, 3.63) is 66.5 Å². The average Bonchev–Trinajstić information content (AvgIpc) is 2.64. The van der Waals surface area contributed by atoms with Gasteiger partial charge in [-0.3, -0.25) is 0 Å². The molecule has 0 aliphatic heterocycles. The molecular weight excluding hydrogens is 343 g/mol. The normalized spacial score (nSPS) is 10.7. The predicted molar refractivity (Wildman–Crippen MR) is 94.7 cm³/mol. The van der Waals surface area contributed by atoms with Gasteiger partial charge in [0, 0.05) is 23.6 Å². The number of hydrogen-bond donors (Lipinski definition) is 1. The number of nitrogen functional groups attached to an aromatic ring is 1. The van der Waals surface area contributed by atoms with Gasteiger partial charge in [-0.1, -0.05) is 26.0 Å². The highest BCUT2D eigenvalue weighted by molar-refractivity contribution is 5.66. The summed E-state index contributed by atoms with van der Waals surface area (Å²) in [6, 6.07) is 11.3. The summed E-state index contributed by atoms with van der Waals surface area (Å²) in [6.07, 6.45) is -1.44. The third-order valence-electron chi connectivity index (χ3n) is 3.24. The number of ether oxygens (including phenoxy) is 1. The topological polar surface area (TPSA) is 61.0 Å². The van der Waals surface area contributed by atoms with E-state index in [9.17, 15) is 13.2 Å². The Balaban J connectivity index is 0.00000117. The lowest BCUT2D eigenvalue weighted by Crippen LogP contribution is -2.04. The number of halogens is 3. The van der Waals surface area contributed by atoms with Crippen molar-refractivity contribution in [1.82, 2.24) is 9.97 Å². The zero-order valence-electron chi connectivity index (χ0n) is 14.3. The molecule has 0 amide bonds. The fourth-order valence-electron chi connectivity index (χ4n) is 2.06. The first-order valence-electron chi connectivity index (χ1n) is 7.95. The van der Waals surface area contributed by atoms with Crippen molar-refractivity contribution in [2.24, 2.45) is 0 Å². The van der Waals surface area contributed by atoms with Crippen molar-refractivity contribution in [3.63, 3.8) is 0 Å². The largest absolute Gasteiger partial charge is 0.437 e. The van der Waals surface area contributed by atoms with Crippen molar-refractivity contribution in [1.29, 1.82) is 0 Å². The first-order chi connectivity index (χ1) is 12.4. The molecule has 0 fully saturated rings. The van der Waals surface area contributed by atoms with Crippen molar-refractivity contribution in [3.8, 4) is 22.9 Å². The fraction of sp³-hybridized carbons (Fsp3) is 0.158. The van der Waals surface area contributed by atoms with Gasteiger partial charge in [0.25, 0.3) is 0 Å². The molecule has 0 aliphatic carbocycles. The molecule has 0 unspecified atom stereocenters. The van der Waals surface area contributed by atoms with Crippen LogP contribution in [0.5, 0.6) is 11.6 Å². The number of alkyl halides is 3. The molecule has 0 radical (unpaired) electrons. The van der Waals surface area contributed by atoms with Crippen LogP contribution in [0.2, 0.25) is 0 Å². The van der Waals surface area contributed by atoms with Gasteiger partial charge >= 0.3 is 6.18 Å². The second-order valence-corrected chi connectivity index (χ2v) is 4.96. The molecule has 3 rings (SSSR count). The monoisotopic (exact) mass is 361 g/mol. The summed E-state index contributed by atoms with van der Waals surface area (Å²) in [5.74, 6) is 0.433. The van der Waals surface area contributed by atoms with Crippen LogP contribution in [0.3, 0.4) is 0 Å². The third-order valence-corrected chi connectivity index (χ3v) is 3.24. The Bertz CT molecular complexity index is 832. The maximum absolute atomic E-state index is 12.6. The highest BCUT2D eigenvalue weighted by Gasteiger charge is 2.30. The van der Waals surface area contributed by atoms with E-state index < -0.39 is 11.7 Å². The molecule has 1 heterocycles. The third kappa shape index (κ3) is 4.72. The molecule has 0 bridgehead atoms. The van der Waals surface area contributed by atoms with Crippen LogP contribution in [-0.4, -0.2) is 9.97 Å². The minimum atomic E-state index is -4.39. The first-order valence-corrected chi connectivity index (χ1v) is 7.95. The molecule has 136 valence electrons. The van der Waals surface area contributed by atoms with Gasteiger partial charge in [0.2, 0.25) is 5.88 Å². The van der Waals surface area contributed by atoms with Crippen LogP contribution in [0.25, 0.3) is 11.3 Å². The lowest BCUT2D eigenvalue weighted by molar-refractivity contribution is -0.137. The summed E-state index contributed by atoms with van der Waals surface area (Å²) in [6.45, 7) is 4.00. The number of nitrogens with zero attached hydrogens (tertiary/aromatic N) is 2. The van der Waals surface area contributed by atoms with Crippen LogP contribution in [0.1, 0.15) is 19.4 Å². The van der Waals surface area contributed by atoms with Crippen LogP contribution in [0.15, 0.2) is 60.9 Å². The SMILES string of the molecule is CC.Nc1ccc(-c2nccnc2Oc2ccc(C(F)(F)F)cc2)cc1. The molecule has 26 heavy (non-hydrogen) atoms. The highest BCUT2D eigenvalue weighted by Crippen LogP contribution is 2.33. The van der Waals surface area contributed by atoms with Crippen LogP contribution in [-0.2, 0) is 6.18 Å². The van der Waals surface area contributed by atoms with Gasteiger partial charge in [-0.2, -0.15) is 13.2 Å². The number of anilines is 1. The number of aromatic nitrogens is 2. The van der Waals surface area contributed by atoms with Crippen LogP contribution < -0.4 is 10.5 Å². The second-order valence-electron chi connectivity index (χ2n) is 4.96. The Morgan fingerprint density at radius 3 is 2.00 bits per heavy atom. The molecular formula is C19H18F3N3O. The number of rotatable bonds is 3. The van der Waals surface area contributed by atoms with Crippen LogP contribution in [0.4, 0.5) is 18.9 Å². The zero-order valence-corrected chi connectivity index (χ0v) is 14.3. The molecule has 0 saturated heterocycles. The predicted octanol–water partition coefficient (Wildman–Crippen LogP) is 5.56. The van der Waals surface area contributed by atoms with E-state index in [1.165, 1.54) is 24.5 Å². The van der Waals surface area contributed by atoms with E-state index in [1.807, 2.05) is 13.8 Å².